The van der Waals surface area contributed by atoms with Crippen LogP contribution in [0.2, 0.25) is 0 Å². The maximum atomic E-state index is 13.3. The van der Waals surface area contributed by atoms with Crippen LogP contribution < -0.4 is 5.32 Å². The van der Waals surface area contributed by atoms with Gasteiger partial charge in [-0.1, -0.05) is 36.4 Å². The Morgan fingerprint density at radius 1 is 1.06 bits per heavy atom. The number of esters is 1. The minimum atomic E-state index is -0.464. The third-order valence-electron chi connectivity index (χ3n) is 5.23. The Hall–Kier alpha value is -4.00. The van der Waals surface area contributed by atoms with Crippen molar-refractivity contribution in [2.45, 2.75) is 12.5 Å². The lowest BCUT2D eigenvalue weighted by Gasteiger charge is -2.26. The Kier molecular flexibility index (Phi) is 5.98. The van der Waals surface area contributed by atoms with E-state index in [1.165, 1.54) is 30.1 Å². The zero-order valence-electron chi connectivity index (χ0n) is 17.4. The minimum absolute atomic E-state index is 0.207. The maximum absolute atomic E-state index is 13.3. The summed E-state index contributed by atoms with van der Waals surface area (Å²) in [5, 5.41) is 2.57. The Bertz CT molecular complexity index is 1180. The molecule has 0 spiro atoms. The van der Waals surface area contributed by atoms with Crippen molar-refractivity contribution in [2.75, 3.05) is 18.9 Å². The number of amides is 2. The normalized spacial score (nSPS) is 14.8. The molecular formula is C25H21FN2O4. The number of carbonyl (C=O) groups is 3. The van der Waals surface area contributed by atoms with Gasteiger partial charge < -0.3 is 15.0 Å². The average molecular weight is 432 g/mol. The van der Waals surface area contributed by atoms with Gasteiger partial charge in [-0.3, -0.25) is 9.59 Å². The van der Waals surface area contributed by atoms with Crippen molar-refractivity contribution in [1.29, 1.82) is 0 Å². The summed E-state index contributed by atoms with van der Waals surface area (Å²) < 4.78 is 18.8. The molecule has 2 amide bonds. The molecule has 1 atom stereocenters. The zero-order chi connectivity index (χ0) is 22.7. The Morgan fingerprint density at radius 3 is 2.59 bits per heavy atom. The number of cyclic esters (lactones) is 1. The van der Waals surface area contributed by atoms with Crippen LogP contribution in [0.5, 0.6) is 0 Å². The Morgan fingerprint density at radius 2 is 1.84 bits per heavy atom. The van der Waals surface area contributed by atoms with Gasteiger partial charge in [-0.15, -0.1) is 0 Å². The summed E-state index contributed by atoms with van der Waals surface area (Å²) in [4.78, 5) is 38.8. The Balaban J connectivity index is 1.46. The minimum Gasteiger partial charge on any atom is -0.454 e. The molecule has 0 unspecified atom stereocenters. The first-order chi connectivity index (χ1) is 15.4. The van der Waals surface area contributed by atoms with Gasteiger partial charge in [0.2, 0.25) is 5.91 Å². The van der Waals surface area contributed by atoms with Crippen LogP contribution in [0.4, 0.5) is 10.1 Å². The van der Waals surface area contributed by atoms with Crippen molar-refractivity contribution in [2.24, 2.45) is 0 Å². The summed E-state index contributed by atoms with van der Waals surface area (Å²) in [6.07, 6.45) is 0.0343. The number of hydrogen-bond acceptors (Lipinski definition) is 4. The third-order valence-corrected chi connectivity index (χ3v) is 5.23. The van der Waals surface area contributed by atoms with Crippen molar-refractivity contribution < 1.29 is 23.5 Å². The van der Waals surface area contributed by atoms with E-state index in [0.717, 1.165) is 11.1 Å². The number of ether oxygens (including phenoxy) is 1. The second-order valence-electron chi connectivity index (χ2n) is 7.60. The highest BCUT2D eigenvalue weighted by Gasteiger charge is 2.28. The molecule has 0 radical (unpaired) electrons. The van der Waals surface area contributed by atoms with Crippen LogP contribution in [0.1, 0.15) is 37.9 Å². The highest BCUT2D eigenvalue weighted by Crippen LogP contribution is 2.31. The van der Waals surface area contributed by atoms with Gasteiger partial charge in [-0.25, -0.2) is 9.18 Å². The highest BCUT2D eigenvalue weighted by atomic mass is 19.1. The number of likely N-dealkylation sites (N-methyl/N-ethyl adjacent to an activating group) is 1. The first kappa shape index (κ1) is 21.2. The van der Waals surface area contributed by atoms with Crippen molar-refractivity contribution >= 4 is 23.5 Å². The van der Waals surface area contributed by atoms with E-state index in [2.05, 4.69) is 5.32 Å². The quantitative estimate of drug-likeness (QED) is 0.619. The van der Waals surface area contributed by atoms with E-state index in [-0.39, 0.29) is 12.5 Å². The van der Waals surface area contributed by atoms with Gasteiger partial charge in [0.25, 0.3) is 5.91 Å². The van der Waals surface area contributed by atoms with Crippen molar-refractivity contribution in [1.82, 2.24) is 4.90 Å². The molecule has 3 aromatic carbocycles. The molecule has 32 heavy (non-hydrogen) atoms. The molecule has 1 heterocycles. The molecule has 1 aliphatic rings. The van der Waals surface area contributed by atoms with Gasteiger partial charge >= 0.3 is 5.97 Å². The fourth-order valence-electron chi connectivity index (χ4n) is 3.66. The van der Waals surface area contributed by atoms with Gasteiger partial charge in [0, 0.05) is 24.7 Å². The summed E-state index contributed by atoms with van der Waals surface area (Å²) in [6.45, 7) is -0.207. The standard InChI is InChI=1S/C25H21FN2O4/c1-28(15-23(29)27-20-9-5-8-19(26)14-20)24(30)17-10-11-21-18(12-17)13-22(32-25(21)31)16-6-3-2-4-7-16/h2-12,14,22H,13,15H2,1H3,(H,27,29)/t22-/m0/s1. The molecule has 0 aromatic heterocycles. The van der Waals surface area contributed by atoms with Crippen LogP contribution in [0, 0.1) is 5.82 Å². The Labute approximate surface area is 184 Å². The lowest BCUT2D eigenvalue weighted by molar-refractivity contribution is -0.116. The molecule has 1 aliphatic heterocycles. The molecule has 3 aromatic rings. The lowest BCUT2D eigenvalue weighted by atomic mass is 9.93. The van der Waals surface area contributed by atoms with Crippen LogP contribution in [-0.2, 0) is 16.0 Å². The summed E-state index contributed by atoms with van der Waals surface area (Å²) in [6, 6.07) is 19.8. The summed E-state index contributed by atoms with van der Waals surface area (Å²) in [5.74, 6) is -1.70. The molecule has 0 bridgehead atoms. The summed E-state index contributed by atoms with van der Waals surface area (Å²) in [7, 11) is 1.51. The first-order valence-electron chi connectivity index (χ1n) is 10.1. The molecule has 7 heteroatoms. The van der Waals surface area contributed by atoms with Crippen molar-refractivity contribution in [3.8, 4) is 0 Å². The molecular weight excluding hydrogens is 411 g/mol. The topological polar surface area (TPSA) is 75.7 Å². The van der Waals surface area contributed by atoms with Gasteiger partial charge in [0.1, 0.15) is 11.9 Å². The fraction of sp³-hybridized carbons (Fsp3) is 0.160. The number of carbonyl (C=O) groups excluding carboxylic acids is 3. The predicted molar refractivity (Wildman–Crippen MR) is 117 cm³/mol. The molecule has 1 N–H and O–H groups in total. The fourth-order valence-corrected chi connectivity index (χ4v) is 3.66. The van der Waals surface area contributed by atoms with Gasteiger partial charge in [0.15, 0.2) is 0 Å². The second kappa shape index (κ2) is 9.01. The smallest absolute Gasteiger partial charge is 0.339 e. The van der Waals surface area contributed by atoms with Crippen LogP contribution in [-0.4, -0.2) is 36.3 Å². The molecule has 6 nitrogen and oxygen atoms in total. The average Bonchev–Trinajstić information content (AvgIpc) is 2.78. The SMILES string of the molecule is CN(CC(=O)Nc1cccc(F)c1)C(=O)c1ccc2c(c1)C[C@@H](c1ccccc1)OC2=O. The van der Waals surface area contributed by atoms with Crippen LogP contribution in [0.25, 0.3) is 0 Å². The summed E-state index contributed by atoms with van der Waals surface area (Å²) >= 11 is 0. The van der Waals surface area contributed by atoms with Crippen molar-refractivity contribution in [3.63, 3.8) is 0 Å². The van der Waals surface area contributed by atoms with Gasteiger partial charge in [0.05, 0.1) is 12.1 Å². The molecule has 0 saturated carbocycles. The zero-order valence-corrected chi connectivity index (χ0v) is 17.4. The van der Waals surface area contributed by atoms with E-state index < -0.39 is 23.8 Å². The number of hydrogen-bond donors (Lipinski definition) is 1. The number of nitrogens with zero attached hydrogens (tertiary/aromatic N) is 1. The van der Waals surface area contributed by atoms with Crippen LogP contribution >= 0.6 is 0 Å². The van der Waals surface area contributed by atoms with E-state index in [1.807, 2.05) is 30.3 Å². The molecule has 0 fully saturated rings. The number of rotatable bonds is 5. The molecule has 0 aliphatic carbocycles. The van der Waals surface area contributed by atoms with Crippen LogP contribution in [0.3, 0.4) is 0 Å². The number of anilines is 1. The molecule has 4 rings (SSSR count). The molecule has 0 saturated heterocycles. The van der Waals surface area contributed by atoms with E-state index in [1.54, 1.807) is 24.3 Å². The highest BCUT2D eigenvalue weighted by molar-refractivity contribution is 6.00. The third kappa shape index (κ3) is 4.67. The predicted octanol–water partition coefficient (Wildman–Crippen LogP) is 3.99. The summed E-state index contributed by atoms with van der Waals surface area (Å²) in [5.41, 5.74) is 2.72. The number of fused-ring (bicyclic) bond motifs is 1. The second-order valence-corrected chi connectivity index (χ2v) is 7.60. The number of nitrogens with one attached hydrogen (secondary N) is 1. The number of halogens is 1. The molecule has 162 valence electrons. The van der Waals surface area contributed by atoms with E-state index in [9.17, 15) is 18.8 Å². The maximum Gasteiger partial charge on any atom is 0.339 e. The van der Waals surface area contributed by atoms with E-state index >= 15 is 0 Å². The van der Waals surface area contributed by atoms with Crippen LogP contribution in [0.15, 0.2) is 72.8 Å². The number of benzene rings is 3. The van der Waals surface area contributed by atoms with E-state index in [4.69, 9.17) is 4.74 Å². The monoisotopic (exact) mass is 432 g/mol. The lowest BCUT2D eigenvalue weighted by Crippen LogP contribution is -2.35. The van der Waals surface area contributed by atoms with Gasteiger partial charge in [-0.05, 0) is 47.5 Å². The van der Waals surface area contributed by atoms with Gasteiger partial charge in [-0.2, -0.15) is 0 Å². The largest absolute Gasteiger partial charge is 0.454 e. The first-order valence-corrected chi connectivity index (χ1v) is 10.1. The van der Waals surface area contributed by atoms with Crippen molar-refractivity contribution in [3.05, 3.63) is 101 Å². The van der Waals surface area contributed by atoms with E-state index in [0.29, 0.717) is 23.2 Å².